The number of nitrogens with zero attached hydrogens (tertiary/aromatic N) is 3. The summed E-state index contributed by atoms with van der Waals surface area (Å²) >= 11 is -1.57. The molecule has 2 heterocycles. The largest absolute Gasteiger partial charge is 0.422 e. The highest BCUT2D eigenvalue weighted by atomic mass is 32.2. The summed E-state index contributed by atoms with van der Waals surface area (Å²) < 4.78 is 140. The molecule has 11 nitrogen and oxygen atoms in total. The lowest BCUT2D eigenvalue weighted by Gasteiger charge is -2.16. The number of thiazole rings is 1. The van der Waals surface area contributed by atoms with Crippen molar-refractivity contribution in [2.75, 3.05) is 7.11 Å². The van der Waals surface area contributed by atoms with E-state index >= 15 is 0 Å². The number of hydrogen-bond donors (Lipinski definition) is 3. The second kappa shape index (κ2) is 14.0. The molecule has 0 saturated carbocycles. The summed E-state index contributed by atoms with van der Waals surface area (Å²) in [5.74, 6) is -2.12. The first-order valence-corrected chi connectivity index (χ1v) is 17.1. The van der Waals surface area contributed by atoms with Crippen molar-refractivity contribution in [1.82, 2.24) is 25.4 Å². The van der Waals surface area contributed by atoms with Crippen LogP contribution < -0.4 is 10.3 Å². The summed E-state index contributed by atoms with van der Waals surface area (Å²) in [6.07, 6.45) is -10.4. The van der Waals surface area contributed by atoms with Crippen LogP contribution in [0.2, 0.25) is 0 Å². The minimum atomic E-state index is -5.20. The number of aromatic nitrogens is 3. The third-order valence-electron chi connectivity index (χ3n) is 6.71. The van der Waals surface area contributed by atoms with Crippen LogP contribution in [-0.4, -0.2) is 39.5 Å². The van der Waals surface area contributed by atoms with Crippen LogP contribution in [0.4, 0.5) is 26.3 Å². The van der Waals surface area contributed by atoms with E-state index < -0.39 is 67.0 Å². The van der Waals surface area contributed by atoms with Crippen LogP contribution in [0.15, 0.2) is 65.1 Å². The molecule has 0 fully saturated rings. The topological polar surface area (TPSA) is 157 Å². The molecule has 0 aliphatic heterocycles. The van der Waals surface area contributed by atoms with Gasteiger partial charge in [-0.3, -0.25) is 4.55 Å². The van der Waals surface area contributed by atoms with Crippen LogP contribution in [0.5, 0.6) is 0 Å². The lowest BCUT2D eigenvalue weighted by Crippen LogP contribution is -2.32. The number of sulfone groups is 1. The van der Waals surface area contributed by atoms with E-state index in [0.717, 1.165) is 28.0 Å². The number of nitrogens with one attached hydrogen (secondary N) is 2. The molecule has 5 aromatic rings. The van der Waals surface area contributed by atoms with Gasteiger partial charge in [-0.05, 0) is 52.6 Å². The fourth-order valence-corrected chi connectivity index (χ4v) is 7.96. The first-order valence-electron chi connectivity index (χ1n) is 13.4. The van der Waals surface area contributed by atoms with Crippen LogP contribution in [0.25, 0.3) is 21.3 Å². The number of benzene rings is 3. The maximum Gasteiger partial charge on any atom is 0.416 e. The average Bonchev–Trinajstić information content (AvgIpc) is 3.62. The highest BCUT2D eigenvalue weighted by Gasteiger charge is 2.40. The molecule has 20 heteroatoms. The molecule has 0 bridgehead atoms. The molecule has 0 radical (unpaired) electrons. The minimum Gasteiger partial charge on any atom is -0.422 e. The summed E-state index contributed by atoms with van der Waals surface area (Å²) in [5, 5.41) is 5.43. The fraction of sp³-hybridized carbons (Fsp3) is 0.250. The Labute approximate surface area is 274 Å². The number of hydrazine groups is 1. The molecule has 2 aromatic heterocycles. The molecule has 2 atom stereocenters. The van der Waals surface area contributed by atoms with Crippen LogP contribution in [0.1, 0.15) is 44.3 Å². The molecule has 0 aliphatic carbocycles. The standard InChI is InChI=1S/C28H23F6N5O6S3/c1-44-13-15-2-4-17(5-3-15)18-6-7-21-22(10-18)46-26(36-21)24(25-38-37-23(45-25)12-35-39-47(40)41)48(42,43)14-16-8-19(27(29,30)31)11-20(9-16)28(32,33)34/h2-11,24,35,39H,12-14H2,1H3,(H,40,41). The van der Waals surface area contributed by atoms with Gasteiger partial charge in [-0.15, -0.1) is 21.5 Å². The number of halogens is 6. The van der Waals surface area contributed by atoms with Gasteiger partial charge >= 0.3 is 12.4 Å². The van der Waals surface area contributed by atoms with Crippen molar-refractivity contribution in [3.63, 3.8) is 0 Å². The van der Waals surface area contributed by atoms with E-state index in [4.69, 9.17) is 13.7 Å². The normalized spacial score (nSPS) is 14.0. The van der Waals surface area contributed by atoms with E-state index in [0.29, 0.717) is 29.0 Å². The minimum absolute atomic E-state index is 0.103. The van der Waals surface area contributed by atoms with E-state index in [1.165, 1.54) is 0 Å². The molecule has 0 amide bonds. The number of ether oxygens (including phenoxy) is 1. The molecule has 0 aliphatic rings. The van der Waals surface area contributed by atoms with Gasteiger partial charge in [0.1, 0.15) is 5.01 Å². The lowest BCUT2D eigenvalue weighted by atomic mass is 10.0. The van der Waals surface area contributed by atoms with Crippen LogP contribution in [0.3, 0.4) is 0 Å². The Morgan fingerprint density at radius 2 is 1.58 bits per heavy atom. The Hall–Kier alpha value is -3.79. The SMILES string of the molecule is COCc1ccc(-c2ccc3nc(C(c4nnc(CNNS(=O)O)o4)S(=O)(=O)Cc4cc(C(F)(F)F)cc(C(F)(F)F)c4)sc3c2)cc1. The number of rotatable bonds is 12. The van der Waals surface area contributed by atoms with Crippen molar-refractivity contribution in [1.29, 1.82) is 0 Å². The Bertz CT molecular complexity index is 2020. The lowest BCUT2D eigenvalue weighted by molar-refractivity contribution is -0.143. The quantitative estimate of drug-likeness (QED) is 0.0793. The summed E-state index contributed by atoms with van der Waals surface area (Å²) in [6.45, 7) is 0.0529. The zero-order valence-electron chi connectivity index (χ0n) is 24.3. The highest BCUT2D eigenvalue weighted by molar-refractivity contribution is 7.91. The molecule has 3 aromatic carbocycles. The second-order valence-corrected chi connectivity index (χ2v) is 14.1. The van der Waals surface area contributed by atoms with Crippen molar-refractivity contribution < 1.29 is 52.7 Å². The smallest absolute Gasteiger partial charge is 0.416 e. The molecule has 0 spiro atoms. The first kappa shape index (κ1) is 35.5. The van der Waals surface area contributed by atoms with Gasteiger partial charge in [0.25, 0.3) is 0 Å². The molecule has 3 N–H and O–H groups in total. The summed E-state index contributed by atoms with van der Waals surface area (Å²) in [6, 6.07) is 13.2. The number of fused-ring (bicyclic) bond motifs is 1. The molecule has 5 rings (SSSR count). The Balaban J connectivity index is 1.57. The molecular formula is C28H23F6N5O6S3. The molecular weight excluding hydrogens is 713 g/mol. The van der Waals surface area contributed by atoms with E-state index in [-0.39, 0.29) is 23.5 Å². The Kier molecular flexibility index (Phi) is 10.3. The van der Waals surface area contributed by atoms with Crippen molar-refractivity contribution in [2.24, 2.45) is 0 Å². The van der Waals surface area contributed by atoms with Gasteiger partial charge in [0.2, 0.25) is 23.0 Å². The third kappa shape index (κ3) is 8.43. The van der Waals surface area contributed by atoms with Gasteiger partial charge in [-0.25, -0.2) is 23.0 Å². The second-order valence-electron chi connectivity index (χ2n) is 10.2. The Morgan fingerprint density at radius 3 is 2.19 bits per heavy atom. The maximum atomic E-state index is 14.0. The monoisotopic (exact) mass is 735 g/mol. The van der Waals surface area contributed by atoms with Crippen LogP contribution in [-0.2, 0) is 57.1 Å². The van der Waals surface area contributed by atoms with Crippen molar-refractivity contribution in [3.05, 3.63) is 99.7 Å². The molecule has 48 heavy (non-hydrogen) atoms. The van der Waals surface area contributed by atoms with E-state index in [1.807, 2.05) is 29.1 Å². The third-order valence-corrected chi connectivity index (χ3v) is 10.1. The summed E-state index contributed by atoms with van der Waals surface area (Å²) in [5.41, 5.74) is 1.02. The maximum absolute atomic E-state index is 14.0. The molecule has 2 unspecified atom stereocenters. The van der Waals surface area contributed by atoms with Gasteiger partial charge < -0.3 is 9.15 Å². The fourth-order valence-electron chi connectivity index (χ4n) is 4.64. The molecule has 0 saturated heterocycles. The van der Waals surface area contributed by atoms with Gasteiger partial charge in [0.15, 0.2) is 15.1 Å². The van der Waals surface area contributed by atoms with Crippen molar-refractivity contribution >= 4 is 42.7 Å². The predicted octanol–water partition coefficient (Wildman–Crippen LogP) is 5.97. The zero-order valence-corrected chi connectivity index (χ0v) is 26.7. The van der Waals surface area contributed by atoms with Crippen LogP contribution in [0, 0.1) is 0 Å². The number of methoxy groups -OCH3 is 1. The van der Waals surface area contributed by atoms with Crippen LogP contribution >= 0.6 is 11.3 Å². The van der Waals surface area contributed by atoms with Gasteiger partial charge in [0, 0.05) is 7.11 Å². The number of hydrogen-bond acceptors (Lipinski definition) is 10. The highest BCUT2D eigenvalue weighted by Crippen LogP contribution is 2.40. The van der Waals surface area contributed by atoms with E-state index in [9.17, 15) is 39.0 Å². The summed E-state index contributed by atoms with van der Waals surface area (Å²) in [7, 11) is -3.20. The average molecular weight is 736 g/mol. The van der Waals surface area contributed by atoms with Crippen molar-refractivity contribution in [2.45, 2.75) is 36.5 Å². The number of alkyl halides is 6. The summed E-state index contributed by atoms with van der Waals surface area (Å²) in [4.78, 5) is 6.35. The first-order chi connectivity index (χ1) is 22.5. The van der Waals surface area contributed by atoms with Gasteiger partial charge in [-0.1, -0.05) is 30.3 Å². The predicted molar refractivity (Wildman–Crippen MR) is 162 cm³/mol. The van der Waals surface area contributed by atoms with Crippen molar-refractivity contribution in [3.8, 4) is 11.1 Å². The molecule has 256 valence electrons. The van der Waals surface area contributed by atoms with E-state index in [1.54, 1.807) is 25.3 Å². The zero-order chi connectivity index (χ0) is 34.9. The van der Waals surface area contributed by atoms with Gasteiger partial charge in [0.05, 0.1) is 40.2 Å². The van der Waals surface area contributed by atoms with Gasteiger partial charge in [-0.2, -0.15) is 31.2 Å². The Morgan fingerprint density at radius 1 is 0.938 bits per heavy atom. The van der Waals surface area contributed by atoms with E-state index in [2.05, 4.69) is 20.6 Å².